The van der Waals surface area contributed by atoms with E-state index >= 15 is 0 Å². The van der Waals surface area contributed by atoms with Crippen LogP contribution in [0.1, 0.15) is 33.6 Å². The first-order valence-electron chi connectivity index (χ1n) is 8.44. The van der Waals surface area contributed by atoms with Crippen molar-refractivity contribution in [1.82, 2.24) is 14.8 Å². The molecule has 0 N–H and O–H groups in total. The van der Waals surface area contributed by atoms with Crippen molar-refractivity contribution >= 4 is 29.4 Å². The first kappa shape index (κ1) is 17.0. The molecule has 0 bridgehead atoms. The molecule has 1 fully saturated rings. The summed E-state index contributed by atoms with van der Waals surface area (Å²) in [6.07, 6.45) is 3.67. The molecule has 0 aliphatic carbocycles. The monoisotopic (exact) mass is 368 g/mol. The number of carbonyl (C=O) groups excluding carboxylic acids is 4. The zero-order chi connectivity index (χ0) is 19.1. The second kappa shape index (κ2) is 6.35. The summed E-state index contributed by atoms with van der Waals surface area (Å²) in [5.74, 6) is -2.81. The number of anilines is 1. The third kappa shape index (κ3) is 2.86. The average Bonchev–Trinajstić information content (AvgIpc) is 3.20. The molecule has 0 spiro atoms. The fraction of sp³-hybridized carbons (Fsp3) is 0.278. The van der Waals surface area contributed by atoms with Gasteiger partial charge in [-0.15, -0.1) is 0 Å². The molecule has 2 aromatic rings. The molecule has 1 unspecified atom stereocenters. The van der Waals surface area contributed by atoms with Gasteiger partial charge in [0, 0.05) is 26.2 Å². The molecule has 1 aromatic heterocycles. The minimum absolute atomic E-state index is 0.104. The summed E-state index contributed by atoms with van der Waals surface area (Å²) in [4.78, 5) is 56.0. The molecule has 3 heterocycles. The number of rotatable bonds is 3. The van der Waals surface area contributed by atoms with Gasteiger partial charge in [-0.2, -0.15) is 5.10 Å². The number of hydroxylamine groups is 2. The number of fused-ring (bicyclic) bond motifs is 1. The van der Waals surface area contributed by atoms with Crippen LogP contribution in [-0.4, -0.2) is 45.1 Å². The van der Waals surface area contributed by atoms with E-state index in [9.17, 15) is 19.2 Å². The van der Waals surface area contributed by atoms with Crippen LogP contribution in [0.25, 0.3) is 0 Å². The van der Waals surface area contributed by atoms with Crippen LogP contribution in [0.2, 0.25) is 0 Å². The highest BCUT2D eigenvalue weighted by Gasteiger charge is 2.41. The molecular formula is C18H16N4O5. The molecule has 2 aliphatic heterocycles. The average molecular weight is 368 g/mol. The largest absolute Gasteiger partial charge is 0.338 e. The maximum Gasteiger partial charge on any atom is 0.338 e. The summed E-state index contributed by atoms with van der Waals surface area (Å²) < 4.78 is 1.56. The van der Waals surface area contributed by atoms with E-state index in [1.54, 1.807) is 30.1 Å². The molecule has 0 saturated carbocycles. The van der Waals surface area contributed by atoms with E-state index in [0.717, 1.165) is 0 Å². The van der Waals surface area contributed by atoms with Gasteiger partial charge in [0.15, 0.2) is 0 Å². The van der Waals surface area contributed by atoms with Crippen LogP contribution in [0, 0.1) is 5.92 Å². The number of benzene rings is 1. The lowest BCUT2D eigenvalue weighted by Gasteiger charge is -2.30. The maximum absolute atomic E-state index is 12.6. The van der Waals surface area contributed by atoms with Gasteiger partial charge in [-0.25, -0.2) is 4.79 Å². The second-order valence-electron chi connectivity index (χ2n) is 6.47. The molecular weight excluding hydrogens is 352 g/mol. The van der Waals surface area contributed by atoms with Crippen LogP contribution in [0.5, 0.6) is 0 Å². The molecule has 0 radical (unpaired) electrons. The quantitative estimate of drug-likeness (QED) is 0.747. The number of hydrogen-bond acceptors (Lipinski definition) is 6. The Kier molecular flexibility index (Phi) is 3.98. The second-order valence-corrected chi connectivity index (χ2v) is 6.47. The van der Waals surface area contributed by atoms with E-state index in [0.29, 0.717) is 10.8 Å². The minimum Gasteiger partial charge on any atom is -0.329 e. The number of nitrogens with zero attached hydrogens (tertiary/aromatic N) is 4. The first-order chi connectivity index (χ1) is 13.0. The SMILES string of the molecule is Cn1cc(N2CC(C(=O)ON3C(=O)c4ccccc4C3=O)CCC2=O)cn1. The van der Waals surface area contributed by atoms with E-state index < -0.39 is 23.7 Å². The van der Waals surface area contributed by atoms with Crippen LogP contribution in [0.4, 0.5) is 5.69 Å². The van der Waals surface area contributed by atoms with Crippen LogP contribution in [-0.2, 0) is 21.5 Å². The van der Waals surface area contributed by atoms with Gasteiger partial charge in [-0.1, -0.05) is 17.2 Å². The molecule has 2 aliphatic rings. The van der Waals surface area contributed by atoms with Crippen molar-refractivity contribution in [2.24, 2.45) is 13.0 Å². The van der Waals surface area contributed by atoms with E-state index in [1.807, 2.05) is 0 Å². The van der Waals surface area contributed by atoms with Crippen molar-refractivity contribution < 1.29 is 24.0 Å². The Morgan fingerprint density at radius 2 is 1.81 bits per heavy atom. The molecule has 1 saturated heterocycles. The van der Waals surface area contributed by atoms with Gasteiger partial charge in [0.05, 0.1) is 28.9 Å². The Hall–Kier alpha value is -3.49. The predicted molar refractivity (Wildman–Crippen MR) is 91.3 cm³/mol. The molecule has 27 heavy (non-hydrogen) atoms. The van der Waals surface area contributed by atoms with Crippen molar-refractivity contribution in [3.05, 3.63) is 47.8 Å². The summed E-state index contributed by atoms with van der Waals surface area (Å²) in [7, 11) is 1.73. The molecule has 9 nitrogen and oxygen atoms in total. The van der Waals surface area contributed by atoms with Crippen molar-refractivity contribution in [3.8, 4) is 0 Å². The summed E-state index contributed by atoms with van der Waals surface area (Å²) in [5, 5.41) is 4.53. The zero-order valence-electron chi connectivity index (χ0n) is 14.5. The van der Waals surface area contributed by atoms with E-state index in [4.69, 9.17) is 4.84 Å². The Morgan fingerprint density at radius 3 is 2.41 bits per heavy atom. The zero-order valence-corrected chi connectivity index (χ0v) is 14.5. The number of carbonyl (C=O) groups is 4. The summed E-state index contributed by atoms with van der Waals surface area (Å²) in [6.45, 7) is 0.104. The van der Waals surface area contributed by atoms with Gasteiger partial charge >= 0.3 is 5.97 Å². The number of piperidine rings is 1. The lowest BCUT2D eigenvalue weighted by atomic mass is 9.97. The van der Waals surface area contributed by atoms with Crippen molar-refractivity contribution in [1.29, 1.82) is 0 Å². The van der Waals surface area contributed by atoms with Gasteiger partial charge in [-0.3, -0.25) is 19.1 Å². The summed E-state index contributed by atoms with van der Waals surface area (Å²) in [6, 6.07) is 6.28. The van der Waals surface area contributed by atoms with Gasteiger partial charge in [0.25, 0.3) is 11.8 Å². The normalized spacial score (nSPS) is 19.4. The van der Waals surface area contributed by atoms with E-state index in [1.165, 1.54) is 23.2 Å². The fourth-order valence-electron chi connectivity index (χ4n) is 3.25. The number of hydrogen-bond donors (Lipinski definition) is 0. The maximum atomic E-state index is 12.6. The number of imide groups is 1. The topological polar surface area (TPSA) is 102 Å². The molecule has 4 rings (SSSR count). The van der Waals surface area contributed by atoms with Crippen LogP contribution in [0.3, 0.4) is 0 Å². The number of amides is 3. The molecule has 1 atom stereocenters. The smallest absolute Gasteiger partial charge is 0.329 e. The highest BCUT2D eigenvalue weighted by Crippen LogP contribution is 2.27. The Labute approximate surface area is 154 Å². The van der Waals surface area contributed by atoms with E-state index in [2.05, 4.69) is 5.10 Å². The van der Waals surface area contributed by atoms with Crippen molar-refractivity contribution in [2.45, 2.75) is 12.8 Å². The Bertz CT molecular complexity index is 931. The lowest BCUT2D eigenvalue weighted by Crippen LogP contribution is -2.45. The third-order valence-corrected chi connectivity index (χ3v) is 4.68. The predicted octanol–water partition coefficient (Wildman–Crippen LogP) is 0.917. The highest BCUT2D eigenvalue weighted by atomic mass is 16.7. The van der Waals surface area contributed by atoms with Crippen molar-refractivity contribution in [3.63, 3.8) is 0 Å². The van der Waals surface area contributed by atoms with Crippen LogP contribution in [0.15, 0.2) is 36.7 Å². The van der Waals surface area contributed by atoms with Gasteiger partial charge in [0.2, 0.25) is 5.91 Å². The van der Waals surface area contributed by atoms with Gasteiger partial charge in [0.1, 0.15) is 0 Å². The van der Waals surface area contributed by atoms with Gasteiger partial charge < -0.3 is 9.74 Å². The van der Waals surface area contributed by atoms with Crippen LogP contribution >= 0.6 is 0 Å². The Morgan fingerprint density at radius 1 is 1.15 bits per heavy atom. The fourth-order valence-corrected chi connectivity index (χ4v) is 3.25. The minimum atomic E-state index is -0.717. The Balaban J connectivity index is 1.48. The first-order valence-corrected chi connectivity index (χ1v) is 8.44. The summed E-state index contributed by atoms with van der Waals surface area (Å²) >= 11 is 0. The third-order valence-electron chi connectivity index (χ3n) is 4.68. The highest BCUT2D eigenvalue weighted by molar-refractivity contribution is 6.20. The number of aromatic nitrogens is 2. The molecule has 3 amide bonds. The molecule has 1 aromatic carbocycles. The summed E-state index contributed by atoms with van der Waals surface area (Å²) in [5.41, 5.74) is 0.984. The van der Waals surface area contributed by atoms with E-state index in [-0.39, 0.29) is 36.4 Å². The van der Waals surface area contributed by atoms with Gasteiger partial charge in [-0.05, 0) is 18.6 Å². The molecule has 9 heteroatoms. The van der Waals surface area contributed by atoms with Crippen LogP contribution < -0.4 is 4.90 Å². The standard InChI is InChI=1S/C18H16N4O5/c1-20-10-12(8-19-20)21-9-11(6-7-15(21)23)18(26)27-22-16(24)13-4-2-3-5-14(13)17(22)25/h2-5,8,10-11H,6-7,9H2,1H3. The lowest BCUT2D eigenvalue weighted by molar-refractivity contribution is -0.174. The number of aryl methyl sites for hydroxylation is 1. The van der Waals surface area contributed by atoms with Crippen molar-refractivity contribution in [2.75, 3.05) is 11.4 Å². The molecule has 138 valence electrons.